The van der Waals surface area contributed by atoms with Crippen molar-refractivity contribution < 1.29 is 4.39 Å². The molecule has 0 amide bonds. The molecule has 1 aromatic carbocycles. The Bertz CT molecular complexity index is 1000. The zero-order valence-corrected chi connectivity index (χ0v) is 21.4. The Balaban J connectivity index is 1.29. The summed E-state index contributed by atoms with van der Waals surface area (Å²) in [6.07, 6.45) is 10.3. The molecule has 1 saturated carbocycles. The number of piperidine rings is 1. The molecule has 2 aromatic rings. The molecule has 35 heavy (non-hydrogen) atoms. The van der Waals surface area contributed by atoms with Crippen LogP contribution in [0.15, 0.2) is 24.4 Å². The fraction of sp³-hybridized carbons (Fsp3) is 0.630. The van der Waals surface area contributed by atoms with Gasteiger partial charge in [0.25, 0.3) is 0 Å². The Labute approximate surface area is 209 Å². The van der Waals surface area contributed by atoms with Crippen LogP contribution in [-0.2, 0) is 6.54 Å². The average Bonchev–Trinajstić information content (AvgIpc) is 3.39. The van der Waals surface area contributed by atoms with Crippen LogP contribution in [0.4, 0.5) is 27.5 Å². The lowest BCUT2D eigenvalue weighted by Gasteiger charge is -2.45. The van der Waals surface area contributed by atoms with Crippen LogP contribution in [0.3, 0.4) is 0 Å². The number of nitrogens with one attached hydrogen (secondary N) is 2. The van der Waals surface area contributed by atoms with Gasteiger partial charge in [-0.05, 0) is 64.4 Å². The minimum absolute atomic E-state index is 0.202. The van der Waals surface area contributed by atoms with E-state index in [0.717, 1.165) is 50.4 Å². The Morgan fingerprint density at radius 1 is 1.09 bits per heavy atom. The van der Waals surface area contributed by atoms with Gasteiger partial charge in [0.1, 0.15) is 5.82 Å². The number of likely N-dealkylation sites (tertiary alicyclic amines) is 1. The van der Waals surface area contributed by atoms with Crippen LogP contribution in [0, 0.1) is 5.82 Å². The van der Waals surface area contributed by atoms with E-state index in [4.69, 9.17) is 4.98 Å². The van der Waals surface area contributed by atoms with Gasteiger partial charge >= 0.3 is 0 Å². The summed E-state index contributed by atoms with van der Waals surface area (Å²) in [6.45, 7) is 6.00. The third-order valence-corrected chi connectivity index (χ3v) is 8.08. The van der Waals surface area contributed by atoms with Crippen LogP contribution in [0.1, 0.15) is 57.4 Å². The zero-order chi connectivity index (χ0) is 24.4. The summed E-state index contributed by atoms with van der Waals surface area (Å²) in [7, 11) is 4.28. The Morgan fingerprint density at radius 3 is 2.57 bits per heavy atom. The minimum Gasteiger partial charge on any atom is -0.368 e. The van der Waals surface area contributed by atoms with Gasteiger partial charge in [-0.2, -0.15) is 4.98 Å². The molecule has 190 valence electrons. The predicted octanol–water partition coefficient (Wildman–Crippen LogP) is 4.52. The van der Waals surface area contributed by atoms with Gasteiger partial charge in [0.2, 0.25) is 5.95 Å². The van der Waals surface area contributed by atoms with E-state index >= 15 is 0 Å². The minimum atomic E-state index is -0.202. The smallest absolute Gasteiger partial charge is 0.229 e. The fourth-order valence-corrected chi connectivity index (χ4v) is 5.91. The van der Waals surface area contributed by atoms with Crippen molar-refractivity contribution in [3.8, 4) is 0 Å². The molecular formula is C27H40FN7. The summed E-state index contributed by atoms with van der Waals surface area (Å²) in [5.74, 6) is 1.33. The lowest BCUT2D eigenvalue weighted by atomic mass is 10.0. The number of halogens is 1. The molecule has 2 N–H and O–H groups in total. The molecule has 0 bridgehead atoms. The fourth-order valence-electron chi connectivity index (χ4n) is 5.91. The van der Waals surface area contributed by atoms with E-state index in [9.17, 15) is 4.39 Å². The second kappa shape index (κ2) is 10.7. The van der Waals surface area contributed by atoms with E-state index in [1.54, 1.807) is 6.07 Å². The van der Waals surface area contributed by atoms with Crippen LogP contribution in [0.5, 0.6) is 0 Å². The predicted molar refractivity (Wildman–Crippen MR) is 141 cm³/mol. The quantitative estimate of drug-likeness (QED) is 0.603. The molecular weight excluding hydrogens is 441 g/mol. The van der Waals surface area contributed by atoms with Gasteiger partial charge in [0.05, 0.1) is 11.9 Å². The average molecular weight is 482 g/mol. The number of fused-ring (bicyclic) bond motifs is 1. The summed E-state index contributed by atoms with van der Waals surface area (Å²) in [6, 6.07) is 6.80. The first-order valence-corrected chi connectivity index (χ1v) is 13.4. The maximum atomic E-state index is 14.9. The maximum Gasteiger partial charge on any atom is 0.229 e. The maximum absolute atomic E-state index is 14.9. The van der Waals surface area contributed by atoms with Crippen molar-refractivity contribution in [3.63, 3.8) is 0 Å². The van der Waals surface area contributed by atoms with Crippen molar-refractivity contribution in [2.75, 3.05) is 48.8 Å². The van der Waals surface area contributed by atoms with Gasteiger partial charge in [-0.25, -0.2) is 9.37 Å². The number of hydrogen-bond donors (Lipinski definition) is 2. The van der Waals surface area contributed by atoms with Crippen LogP contribution in [0.25, 0.3) is 0 Å². The van der Waals surface area contributed by atoms with Gasteiger partial charge in [-0.1, -0.05) is 25.8 Å². The van der Waals surface area contributed by atoms with Crippen LogP contribution < -0.4 is 20.4 Å². The Hall–Kier alpha value is -2.45. The van der Waals surface area contributed by atoms with Crippen molar-refractivity contribution in [1.29, 1.82) is 0 Å². The van der Waals surface area contributed by atoms with Crippen molar-refractivity contribution in [3.05, 3.63) is 35.8 Å². The van der Waals surface area contributed by atoms with Gasteiger partial charge in [-0.15, -0.1) is 0 Å². The number of rotatable bonds is 7. The number of aromatic nitrogens is 2. The highest BCUT2D eigenvalue weighted by Crippen LogP contribution is 2.39. The molecule has 8 heteroatoms. The number of hydrogen-bond acceptors (Lipinski definition) is 7. The van der Waals surface area contributed by atoms with Crippen molar-refractivity contribution in [2.45, 2.75) is 76.5 Å². The topological polar surface area (TPSA) is 59.6 Å². The standard InChI is InChI=1S/C27H40FN7/c1-4-22-18-34(3)25-17-30-27(32-26(25)35(22)23-7-5-6-8-23)31-21-10-9-19(24(28)15-21)16-29-20-11-13-33(2)14-12-20/h9-10,15,17,20,22-23,29H,4-8,11-14,16,18H2,1-3H3,(H,30,31,32). The molecule has 1 aromatic heterocycles. The zero-order valence-electron chi connectivity index (χ0n) is 21.4. The first-order chi connectivity index (χ1) is 17.0. The summed E-state index contributed by atoms with van der Waals surface area (Å²) in [5.41, 5.74) is 2.45. The largest absolute Gasteiger partial charge is 0.368 e. The monoisotopic (exact) mass is 481 g/mol. The van der Waals surface area contributed by atoms with E-state index in [-0.39, 0.29) is 5.82 Å². The number of benzene rings is 1. The van der Waals surface area contributed by atoms with Crippen LogP contribution >= 0.6 is 0 Å². The first kappa shape index (κ1) is 24.3. The van der Waals surface area contributed by atoms with Gasteiger partial charge in [0.15, 0.2) is 5.82 Å². The van der Waals surface area contributed by atoms with Gasteiger partial charge in [-0.3, -0.25) is 0 Å². The van der Waals surface area contributed by atoms with Crippen LogP contribution in [0.2, 0.25) is 0 Å². The van der Waals surface area contributed by atoms with E-state index in [1.807, 2.05) is 18.3 Å². The highest BCUT2D eigenvalue weighted by atomic mass is 19.1. The lowest BCUT2D eigenvalue weighted by Crippen LogP contribution is -2.52. The summed E-state index contributed by atoms with van der Waals surface area (Å²) >= 11 is 0. The molecule has 3 aliphatic rings. The Morgan fingerprint density at radius 2 is 1.86 bits per heavy atom. The molecule has 2 fully saturated rings. The summed E-state index contributed by atoms with van der Waals surface area (Å²) in [4.78, 5) is 16.7. The second-order valence-corrected chi connectivity index (χ2v) is 10.6. The molecule has 0 spiro atoms. The first-order valence-electron chi connectivity index (χ1n) is 13.4. The van der Waals surface area contributed by atoms with Gasteiger partial charge < -0.3 is 25.3 Å². The Kier molecular flexibility index (Phi) is 7.39. The summed E-state index contributed by atoms with van der Waals surface area (Å²) < 4.78 is 14.9. The van der Waals surface area contributed by atoms with Crippen molar-refractivity contribution in [1.82, 2.24) is 20.2 Å². The number of nitrogens with zero attached hydrogens (tertiary/aromatic N) is 5. The number of likely N-dealkylation sites (N-methyl/N-ethyl adjacent to an activating group) is 1. The highest BCUT2D eigenvalue weighted by molar-refractivity contribution is 5.72. The molecule has 2 aliphatic heterocycles. The molecule has 1 aliphatic carbocycles. The molecule has 3 heterocycles. The van der Waals surface area contributed by atoms with Crippen molar-refractivity contribution in [2.24, 2.45) is 0 Å². The lowest BCUT2D eigenvalue weighted by molar-refractivity contribution is 0.233. The van der Waals surface area contributed by atoms with Crippen LogP contribution in [-0.4, -0.2) is 66.7 Å². The SMILES string of the molecule is CCC1CN(C)c2cnc(Nc3ccc(CNC4CCN(C)CC4)c(F)c3)nc2N1C1CCCC1. The molecule has 1 unspecified atom stereocenters. The molecule has 0 radical (unpaired) electrons. The second-order valence-electron chi connectivity index (χ2n) is 10.6. The van der Waals surface area contributed by atoms with Crippen molar-refractivity contribution >= 4 is 23.1 Å². The molecule has 7 nitrogen and oxygen atoms in total. The normalized spacial score (nSPS) is 22.0. The highest BCUT2D eigenvalue weighted by Gasteiger charge is 2.36. The van der Waals surface area contributed by atoms with E-state index in [0.29, 0.717) is 41.9 Å². The van der Waals surface area contributed by atoms with E-state index < -0.39 is 0 Å². The van der Waals surface area contributed by atoms with Gasteiger partial charge in [0, 0.05) is 49.5 Å². The number of anilines is 4. The van der Waals surface area contributed by atoms with E-state index in [1.165, 1.54) is 25.7 Å². The third kappa shape index (κ3) is 5.38. The molecule has 1 saturated heterocycles. The molecule has 5 rings (SSSR count). The van der Waals surface area contributed by atoms with E-state index in [2.05, 4.69) is 51.3 Å². The summed E-state index contributed by atoms with van der Waals surface area (Å²) in [5, 5.41) is 6.78. The third-order valence-electron chi connectivity index (χ3n) is 8.08. The molecule has 1 atom stereocenters.